The minimum Gasteiger partial charge on any atom is -0.478 e. The summed E-state index contributed by atoms with van der Waals surface area (Å²) < 4.78 is 26.7. The fourth-order valence-corrected chi connectivity index (χ4v) is 1.67. The molecule has 0 spiro atoms. The maximum atomic E-state index is 13.9. The first-order chi connectivity index (χ1) is 9.06. The number of benzene rings is 2. The molecule has 2 rings (SSSR count). The number of aliphatic carboxylic acids is 1. The number of hydrogen-bond donors (Lipinski definition) is 1. The van der Waals surface area contributed by atoms with E-state index in [-0.39, 0.29) is 5.82 Å². The topological polar surface area (TPSA) is 37.3 Å². The Labute approximate surface area is 108 Å². The Morgan fingerprint density at radius 1 is 1.05 bits per heavy atom. The molecular formula is C15H10F2O2. The number of carboxylic acids is 1. The van der Waals surface area contributed by atoms with Gasteiger partial charge in [0, 0.05) is 11.6 Å². The smallest absolute Gasteiger partial charge is 0.328 e. The summed E-state index contributed by atoms with van der Waals surface area (Å²) in [7, 11) is 0. The van der Waals surface area contributed by atoms with Crippen molar-refractivity contribution in [2.24, 2.45) is 0 Å². The number of carbonyl (C=O) groups is 1. The zero-order chi connectivity index (χ0) is 13.8. The van der Waals surface area contributed by atoms with Crippen LogP contribution >= 0.6 is 0 Å². The molecule has 96 valence electrons. The van der Waals surface area contributed by atoms with E-state index < -0.39 is 11.8 Å². The van der Waals surface area contributed by atoms with Crippen LogP contribution in [0.1, 0.15) is 5.56 Å². The monoisotopic (exact) mass is 260 g/mol. The lowest BCUT2D eigenvalue weighted by Crippen LogP contribution is -1.88. The first-order valence-electron chi connectivity index (χ1n) is 5.53. The quantitative estimate of drug-likeness (QED) is 0.854. The molecule has 0 aromatic heterocycles. The summed E-state index contributed by atoms with van der Waals surface area (Å²) >= 11 is 0. The standard InChI is InChI=1S/C15H10F2O2/c16-12-5-3-11(4-6-12)13-7-1-10(9-14(13)17)2-8-15(18)19/h1-9H,(H,18,19). The van der Waals surface area contributed by atoms with Gasteiger partial charge in [-0.05, 0) is 35.4 Å². The normalized spacial score (nSPS) is 10.8. The predicted molar refractivity (Wildman–Crippen MR) is 68.5 cm³/mol. The Morgan fingerprint density at radius 2 is 1.74 bits per heavy atom. The molecule has 2 aromatic rings. The molecule has 0 aliphatic heterocycles. The Kier molecular flexibility index (Phi) is 3.71. The van der Waals surface area contributed by atoms with E-state index in [1.54, 1.807) is 6.07 Å². The summed E-state index contributed by atoms with van der Waals surface area (Å²) in [5.41, 5.74) is 1.35. The fraction of sp³-hybridized carbons (Fsp3) is 0. The van der Waals surface area contributed by atoms with Crippen molar-refractivity contribution < 1.29 is 18.7 Å². The van der Waals surface area contributed by atoms with Crippen molar-refractivity contribution in [2.45, 2.75) is 0 Å². The number of halogens is 2. The van der Waals surface area contributed by atoms with Gasteiger partial charge in [0.15, 0.2) is 0 Å². The first kappa shape index (κ1) is 13.0. The van der Waals surface area contributed by atoms with Crippen LogP contribution in [0.3, 0.4) is 0 Å². The molecule has 19 heavy (non-hydrogen) atoms. The lowest BCUT2D eigenvalue weighted by atomic mass is 10.0. The third kappa shape index (κ3) is 3.25. The molecule has 2 aromatic carbocycles. The van der Waals surface area contributed by atoms with Gasteiger partial charge in [0.2, 0.25) is 0 Å². The number of rotatable bonds is 3. The molecule has 0 aliphatic carbocycles. The molecule has 1 N–H and O–H groups in total. The van der Waals surface area contributed by atoms with Gasteiger partial charge in [-0.15, -0.1) is 0 Å². The molecule has 0 radical (unpaired) electrons. The first-order valence-corrected chi connectivity index (χ1v) is 5.53. The second-order valence-corrected chi connectivity index (χ2v) is 3.92. The van der Waals surface area contributed by atoms with Crippen molar-refractivity contribution in [1.29, 1.82) is 0 Å². The highest BCUT2D eigenvalue weighted by Gasteiger charge is 2.05. The zero-order valence-electron chi connectivity index (χ0n) is 9.81. The molecule has 0 amide bonds. The van der Waals surface area contributed by atoms with Crippen LogP contribution in [-0.2, 0) is 4.79 Å². The molecule has 2 nitrogen and oxygen atoms in total. The predicted octanol–water partition coefficient (Wildman–Crippen LogP) is 3.73. The van der Waals surface area contributed by atoms with Crippen LogP contribution in [-0.4, -0.2) is 11.1 Å². The van der Waals surface area contributed by atoms with E-state index in [4.69, 9.17) is 5.11 Å². The molecular weight excluding hydrogens is 250 g/mol. The van der Waals surface area contributed by atoms with Crippen molar-refractivity contribution in [1.82, 2.24) is 0 Å². The van der Waals surface area contributed by atoms with Gasteiger partial charge in [-0.25, -0.2) is 13.6 Å². The van der Waals surface area contributed by atoms with Crippen LogP contribution in [0.5, 0.6) is 0 Å². The third-order valence-corrected chi connectivity index (χ3v) is 2.57. The summed E-state index contributed by atoms with van der Waals surface area (Å²) in [6.45, 7) is 0. The summed E-state index contributed by atoms with van der Waals surface area (Å²) in [5.74, 6) is -1.97. The Balaban J connectivity index is 2.34. The SMILES string of the molecule is O=C(O)C=Cc1ccc(-c2ccc(F)cc2)c(F)c1. The van der Waals surface area contributed by atoms with E-state index in [0.717, 1.165) is 6.08 Å². The van der Waals surface area contributed by atoms with Crippen molar-refractivity contribution in [3.63, 3.8) is 0 Å². The highest BCUT2D eigenvalue weighted by Crippen LogP contribution is 2.24. The Bertz CT molecular complexity index is 631. The Hall–Kier alpha value is -2.49. The zero-order valence-corrected chi connectivity index (χ0v) is 9.81. The second kappa shape index (κ2) is 5.44. The fourth-order valence-electron chi connectivity index (χ4n) is 1.67. The maximum Gasteiger partial charge on any atom is 0.328 e. The molecule has 0 saturated carbocycles. The summed E-state index contributed by atoms with van der Waals surface area (Å²) in [6, 6.07) is 9.85. The molecule has 0 saturated heterocycles. The van der Waals surface area contributed by atoms with Crippen molar-refractivity contribution in [2.75, 3.05) is 0 Å². The average molecular weight is 260 g/mol. The van der Waals surface area contributed by atoms with Crippen molar-refractivity contribution in [3.05, 3.63) is 65.7 Å². The van der Waals surface area contributed by atoms with Gasteiger partial charge in [0.25, 0.3) is 0 Å². The summed E-state index contributed by atoms with van der Waals surface area (Å²) in [4.78, 5) is 10.4. The lowest BCUT2D eigenvalue weighted by molar-refractivity contribution is -0.131. The molecule has 0 heterocycles. The van der Waals surface area contributed by atoms with Gasteiger partial charge in [0.05, 0.1) is 0 Å². The third-order valence-electron chi connectivity index (χ3n) is 2.57. The van der Waals surface area contributed by atoms with Crippen LogP contribution in [0.4, 0.5) is 8.78 Å². The van der Waals surface area contributed by atoms with E-state index in [1.807, 2.05) is 0 Å². The van der Waals surface area contributed by atoms with Crippen LogP contribution < -0.4 is 0 Å². The molecule has 0 bridgehead atoms. The minimum atomic E-state index is -1.09. The second-order valence-electron chi connectivity index (χ2n) is 3.92. The molecule has 0 atom stereocenters. The van der Waals surface area contributed by atoms with Crippen LogP contribution in [0.15, 0.2) is 48.5 Å². The van der Waals surface area contributed by atoms with Gasteiger partial charge >= 0.3 is 5.97 Å². The van der Waals surface area contributed by atoms with Gasteiger partial charge in [-0.3, -0.25) is 0 Å². The van der Waals surface area contributed by atoms with Crippen molar-refractivity contribution >= 4 is 12.0 Å². The maximum absolute atomic E-state index is 13.9. The minimum absolute atomic E-state index is 0.340. The van der Waals surface area contributed by atoms with Crippen LogP contribution in [0.2, 0.25) is 0 Å². The molecule has 4 heteroatoms. The van der Waals surface area contributed by atoms with E-state index in [1.165, 1.54) is 42.5 Å². The lowest BCUT2D eigenvalue weighted by Gasteiger charge is -2.04. The van der Waals surface area contributed by atoms with Crippen molar-refractivity contribution in [3.8, 4) is 11.1 Å². The van der Waals surface area contributed by atoms with Gasteiger partial charge in [-0.2, -0.15) is 0 Å². The van der Waals surface area contributed by atoms with E-state index >= 15 is 0 Å². The van der Waals surface area contributed by atoms with E-state index in [0.29, 0.717) is 16.7 Å². The molecule has 0 aliphatic rings. The van der Waals surface area contributed by atoms with E-state index in [9.17, 15) is 13.6 Å². The highest BCUT2D eigenvalue weighted by molar-refractivity contribution is 5.85. The van der Waals surface area contributed by atoms with Gasteiger partial charge in [-0.1, -0.05) is 24.3 Å². The number of carboxylic acid groups (broad SMARTS) is 1. The van der Waals surface area contributed by atoms with Gasteiger partial charge in [0.1, 0.15) is 11.6 Å². The molecule has 0 unspecified atom stereocenters. The van der Waals surface area contributed by atoms with Gasteiger partial charge < -0.3 is 5.11 Å². The largest absolute Gasteiger partial charge is 0.478 e. The van der Waals surface area contributed by atoms with E-state index in [2.05, 4.69) is 0 Å². The summed E-state index contributed by atoms with van der Waals surface area (Å²) in [6.07, 6.45) is 2.24. The summed E-state index contributed by atoms with van der Waals surface area (Å²) in [5, 5.41) is 8.49. The average Bonchev–Trinajstić information content (AvgIpc) is 2.38. The Morgan fingerprint density at radius 3 is 2.32 bits per heavy atom. The van der Waals surface area contributed by atoms with Crippen LogP contribution in [0.25, 0.3) is 17.2 Å². The highest BCUT2D eigenvalue weighted by atomic mass is 19.1. The van der Waals surface area contributed by atoms with Crippen LogP contribution in [0, 0.1) is 11.6 Å². The number of hydrogen-bond acceptors (Lipinski definition) is 1. The molecule has 0 fully saturated rings.